The fourth-order valence-corrected chi connectivity index (χ4v) is 9.28. The van der Waals surface area contributed by atoms with Crippen molar-refractivity contribution in [3.05, 3.63) is 184 Å². The van der Waals surface area contributed by atoms with Crippen molar-refractivity contribution in [3.63, 3.8) is 0 Å². The van der Waals surface area contributed by atoms with Gasteiger partial charge in [-0.2, -0.15) is 15.3 Å². The van der Waals surface area contributed by atoms with E-state index in [-0.39, 0.29) is 29.8 Å². The van der Waals surface area contributed by atoms with Crippen LogP contribution in [-0.2, 0) is 22.8 Å². The van der Waals surface area contributed by atoms with Crippen LogP contribution in [0.25, 0.3) is 66.5 Å². The summed E-state index contributed by atoms with van der Waals surface area (Å²) in [6.07, 6.45) is 0. The average Bonchev–Trinajstić information content (AvgIpc) is 4.13. The number of ketones is 3. The molecule has 13 heteroatoms. The fourth-order valence-electron chi connectivity index (χ4n) is 9.28. The van der Waals surface area contributed by atoms with Crippen LogP contribution >= 0.6 is 0 Å². The van der Waals surface area contributed by atoms with Gasteiger partial charge in [0.15, 0.2) is 17.3 Å². The number of fused-ring (bicyclic) bond motifs is 6. The number of phenols is 1. The molecule has 0 fully saturated rings. The first-order valence-electron chi connectivity index (χ1n) is 22.7. The first-order chi connectivity index (χ1) is 33.8. The van der Waals surface area contributed by atoms with Gasteiger partial charge in [-0.15, -0.1) is 0 Å². The number of rotatable bonds is 8. The summed E-state index contributed by atoms with van der Waals surface area (Å²) in [5, 5.41) is 32.2. The number of hydrogen-bond acceptors (Lipinski definition) is 10. The molecule has 3 N–H and O–H groups in total. The predicted molar refractivity (Wildman–Crippen MR) is 265 cm³/mol. The molecule has 0 amide bonds. The zero-order valence-corrected chi connectivity index (χ0v) is 38.3. The van der Waals surface area contributed by atoms with E-state index in [0.717, 1.165) is 77.5 Å². The van der Waals surface area contributed by atoms with E-state index >= 15 is 0 Å². The maximum Gasteiger partial charge on any atom is 0.198 e. The van der Waals surface area contributed by atoms with Crippen molar-refractivity contribution in [1.29, 1.82) is 0 Å². The molecule has 342 valence electrons. The molecule has 10 aromatic rings. The lowest BCUT2D eigenvalue weighted by Gasteiger charge is -2.18. The van der Waals surface area contributed by atoms with Gasteiger partial charge in [0, 0.05) is 62.2 Å². The summed E-state index contributed by atoms with van der Waals surface area (Å²) in [5.41, 5.74) is 13.2. The number of nitrogens with one attached hydrogen (secondary N) is 2. The van der Waals surface area contributed by atoms with Crippen LogP contribution in [0.5, 0.6) is 11.5 Å². The number of carbonyl (C=O) groups excluding carboxylic acids is 3. The molecule has 0 spiro atoms. The molecule has 0 bridgehead atoms. The van der Waals surface area contributed by atoms with Crippen molar-refractivity contribution >= 4 is 50.1 Å². The number of phenolic OH excluding ortho intramolecular Hbond substituents is 1. The van der Waals surface area contributed by atoms with E-state index < -0.39 is 0 Å². The van der Waals surface area contributed by atoms with Crippen molar-refractivity contribution in [2.24, 2.45) is 0 Å². The van der Waals surface area contributed by atoms with Crippen molar-refractivity contribution in [2.75, 3.05) is 20.3 Å². The van der Waals surface area contributed by atoms with Gasteiger partial charge in [0.25, 0.3) is 0 Å². The lowest BCUT2D eigenvalue weighted by molar-refractivity contribution is 0.0309. The molecule has 3 aromatic heterocycles. The number of aryl methyl sites for hydroxylation is 1. The van der Waals surface area contributed by atoms with E-state index in [0.29, 0.717) is 59.1 Å². The first-order valence-corrected chi connectivity index (χ1v) is 22.7. The molecule has 3 heterocycles. The summed E-state index contributed by atoms with van der Waals surface area (Å²) in [5.74, 6) is 0.477. The van der Waals surface area contributed by atoms with E-state index in [9.17, 15) is 19.5 Å². The number of H-pyrrole nitrogens is 2. The minimum atomic E-state index is -0.180. The van der Waals surface area contributed by atoms with Gasteiger partial charge in [-0.3, -0.25) is 24.6 Å². The molecular formula is C56H46N6O7. The Balaban J connectivity index is 0.000000120. The zero-order valence-electron chi connectivity index (χ0n) is 38.3. The number of ether oxygens (including phenoxy) is 3. The molecule has 7 aromatic carbocycles. The van der Waals surface area contributed by atoms with Gasteiger partial charge < -0.3 is 19.3 Å². The number of nitrogens with zero attached hydrogens (tertiary/aromatic N) is 4. The largest absolute Gasteiger partial charge is 0.507 e. The Labute approximate surface area is 396 Å². The van der Waals surface area contributed by atoms with E-state index in [4.69, 9.17) is 14.2 Å². The molecule has 3 aliphatic rings. The SMILES string of the molecule is CC.COCCOCn1nc2c3c(cccc31)C(=O)c1c(O)cccc1-2.Cc1cccc2c1C(=O)c1cccc3[nH]nc-2c13.O=C1c2c(OCc3ccccc3)cccc2-c2n[nH]c3cccc1c23. The average molecular weight is 915 g/mol. The molecule has 3 aliphatic carbocycles. The third-order valence-electron chi connectivity index (χ3n) is 12.4. The Bertz CT molecular complexity index is 3630. The van der Waals surface area contributed by atoms with Gasteiger partial charge in [-0.05, 0) is 48.4 Å². The highest BCUT2D eigenvalue weighted by Gasteiger charge is 2.32. The Hall–Kier alpha value is -8.52. The molecule has 0 saturated carbocycles. The van der Waals surface area contributed by atoms with Crippen molar-refractivity contribution in [1.82, 2.24) is 30.2 Å². The normalized spacial score (nSPS) is 12.3. The Morgan fingerprint density at radius 3 is 1.75 bits per heavy atom. The van der Waals surface area contributed by atoms with Gasteiger partial charge in [-0.1, -0.05) is 123 Å². The molecule has 0 atom stereocenters. The molecule has 13 rings (SSSR count). The third-order valence-corrected chi connectivity index (χ3v) is 12.4. The number of hydrogen-bond donors (Lipinski definition) is 3. The number of aromatic hydroxyl groups is 1. The van der Waals surface area contributed by atoms with Crippen LogP contribution in [0.2, 0.25) is 0 Å². The minimum absolute atomic E-state index is 0.0156. The summed E-state index contributed by atoms with van der Waals surface area (Å²) in [7, 11) is 1.62. The Kier molecular flexibility index (Phi) is 12.0. The fraction of sp³-hybridized carbons (Fsp3) is 0.143. The van der Waals surface area contributed by atoms with Crippen molar-refractivity contribution in [3.8, 4) is 45.3 Å². The van der Waals surface area contributed by atoms with Crippen LogP contribution in [-0.4, -0.2) is 73.0 Å². The van der Waals surface area contributed by atoms with E-state index in [1.807, 2.05) is 136 Å². The highest BCUT2D eigenvalue weighted by atomic mass is 16.5. The van der Waals surface area contributed by atoms with Crippen LogP contribution in [0.3, 0.4) is 0 Å². The second-order valence-corrected chi connectivity index (χ2v) is 16.3. The second-order valence-electron chi connectivity index (χ2n) is 16.3. The Morgan fingerprint density at radius 2 is 1.09 bits per heavy atom. The van der Waals surface area contributed by atoms with E-state index in [2.05, 4.69) is 25.5 Å². The summed E-state index contributed by atoms with van der Waals surface area (Å²) in [6.45, 7) is 7.62. The molecule has 69 heavy (non-hydrogen) atoms. The van der Waals surface area contributed by atoms with Crippen molar-refractivity contribution in [2.45, 2.75) is 34.1 Å². The smallest absolute Gasteiger partial charge is 0.198 e. The predicted octanol–water partition coefficient (Wildman–Crippen LogP) is 11.0. The van der Waals surface area contributed by atoms with E-state index in [1.165, 1.54) is 6.07 Å². The molecular weight excluding hydrogens is 869 g/mol. The van der Waals surface area contributed by atoms with Crippen LogP contribution in [0.4, 0.5) is 0 Å². The highest BCUT2D eigenvalue weighted by Crippen LogP contribution is 2.44. The summed E-state index contributed by atoms with van der Waals surface area (Å²) in [6, 6.07) is 43.4. The number of methoxy groups -OCH3 is 1. The number of aromatic nitrogens is 6. The standard InChI is InChI=1S/C21H14N2O2.C18H16N2O4.C15H10N2O.C2H6/c24-21-15-9-4-10-16-18(15)20(23-22-16)14-8-5-11-17(19(14)21)25-12-13-6-2-1-3-7-13;1-23-8-9-24-10-20-13-6-2-5-12-15(13)17(19-20)11-4-3-7-14(21)16(11)18(12)22;1-8-4-2-5-9-12(8)15(18)10-6-3-7-11-13(10)14(9)17-16-11;1-2/h1-11H,12H2,(H,22,23);2-7,21H,8-10H2,1H3;2-7H,1H3,(H,16,17);1-2H3. The zero-order chi connectivity index (χ0) is 47.8. The molecule has 0 radical (unpaired) electrons. The maximum atomic E-state index is 13.1. The van der Waals surface area contributed by atoms with E-state index in [1.54, 1.807) is 30.0 Å². The monoisotopic (exact) mass is 914 g/mol. The highest BCUT2D eigenvalue weighted by molar-refractivity contribution is 6.28. The summed E-state index contributed by atoms with van der Waals surface area (Å²) < 4.78 is 18.3. The van der Waals surface area contributed by atoms with Gasteiger partial charge >= 0.3 is 0 Å². The van der Waals surface area contributed by atoms with Crippen LogP contribution < -0.4 is 4.74 Å². The molecule has 0 saturated heterocycles. The van der Waals surface area contributed by atoms with Gasteiger partial charge in [0.05, 0.1) is 40.9 Å². The van der Waals surface area contributed by atoms with Crippen molar-refractivity contribution < 1.29 is 33.7 Å². The molecule has 0 aliphatic heterocycles. The van der Waals surface area contributed by atoms with Crippen LogP contribution in [0.15, 0.2) is 140 Å². The number of aromatic amines is 2. The van der Waals surface area contributed by atoms with Gasteiger partial charge in [0.1, 0.15) is 41.9 Å². The Morgan fingerprint density at radius 1 is 0.551 bits per heavy atom. The minimum Gasteiger partial charge on any atom is -0.507 e. The maximum absolute atomic E-state index is 13.1. The van der Waals surface area contributed by atoms with Crippen LogP contribution in [0, 0.1) is 6.92 Å². The number of benzene rings is 7. The third kappa shape index (κ3) is 7.63. The summed E-state index contributed by atoms with van der Waals surface area (Å²) >= 11 is 0. The topological polar surface area (TPSA) is 174 Å². The first kappa shape index (κ1) is 44.3. The summed E-state index contributed by atoms with van der Waals surface area (Å²) in [4.78, 5) is 38.5. The molecule has 13 nitrogen and oxygen atoms in total. The number of carbonyl (C=O) groups is 3. The second kappa shape index (κ2) is 18.6. The lowest BCUT2D eigenvalue weighted by atomic mass is 9.85. The lowest BCUT2D eigenvalue weighted by Crippen LogP contribution is -2.11. The van der Waals surface area contributed by atoms with Gasteiger partial charge in [-0.25, -0.2) is 4.68 Å². The van der Waals surface area contributed by atoms with Gasteiger partial charge in [0.2, 0.25) is 0 Å². The van der Waals surface area contributed by atoms with Crippen LogP contribution in [0.1, 0.15) is 72.7 Å². The quantitative estimate of drug-likeness (QED) is 0.124. The molecule has 0 unspecified atom stereocenters.